The van der Waals surface area contributed by atoms with Crippen LogP contribution in [0.4, 0.5) is 0 Å². The van der Waals surface area contributed by atoms with Crippen LogP contribution >= 0.6 is 21.2 Å². The number of hydrogen-bond donors (Lipinski definition) is 2. The summed E-state index contributed by atoms with van der Waals surface area (Å²) in [6, 6.07) is 34.6. The van der Waals surface area contributed by atoms with Gasteiger partial charge >= 0.3 is 0 Å². The van der Waals surface area contributed by atoms with Gasteiger partial charge in [-0.3, -0.25) is 0 Å². The van der Waals surface area contributed by atoms with Gasteiger partial charge < -0.3 is 5.11 Å². The van der Waals surface area contributed by atoms with Crippen LogP contribution in [0.25, 0.3) is 0 Å². The molecule has 4 aromatic rings. The molecule has 0 amide bonds. The summed E-state index contributed by atoms with van der Waals surface area (Å²) in [6.07, 6.45) is 7.19. The van der Waals surface area contributed by atoms with Gasteiger partial charge in [0.2, 0.25) is 0 Å². The van der Waals surface area contributed by atoms with Gasteiger partial charge in [0.25, 0.3) is 0 Å². The van der Waals surface area contributed by atoms with Crippen LogP contribution in [-0.2, 0) is 18.0 Å². The van der Waals surface area contributed by atoms with Crippen LogP contribution in [0.15, 0.2) is 97.1 Å². The van der Waals surface area contributed by atoms with E-state index in [1.54, 1.807) is 0 Å². The van der Waals surface area contributed by atoms with Gasteiger partial charge in [-0.1, -0.05) is 139 Å². The van der Waals surface area contributed by atoms with Gasteiger partial charge in [-0.05, 0) is 59.3 Å². The second-order valence-electron chi connectivity index (χ2n) is 10.8. The topological polar surface area (TPSA) is 20.2 Å². The first-order chi connectivity index (χ1) is 19.0. The molecule has 1 N–H and O–H groups in total. The van der Waals surface area contributed by atoms with E-state index in [1.165, 1.54) is 40.4 Å². The lowest BCUT2D eigenvalue weighted by Gasteiger charge is -2.36. The van der Waals surface area contributed by atoms with Crippen molar-refractivity contribution in [2.24, 2.45) is 0 Å². The molecular formula is C36H43OPS. The summed E-state index contributed by atoms with van der Waals surface area (Å²) in [5.74, 6) is 0.484. The Morgan fingerprint density at radius 3 is 2.00 bits per heavy atom. The fourth-order valence-electron chi connectivity index (χ4n) is 5.64. The minimum Gasteiger partial charge on any atom is -0.507 e. The Kier molecular flexibility index (Phi) is 10.7. The van der Waals surface area contributed by atoms with Crippen molar-refractivity contribution in [3.05, 3.63) is 130 Å². The molecule has 0 radical (unpaired) electrons. The quantitative estimate of drug-likeness (QED) is 0.0957. The maximum atomic E-state index is 12.0. The van der Waals surface area contributed by atoms with Crippen LogP contribution in [0.2, 0.25) is 0 Å². The number of aromatic hydroxyl groups is 1. The van der Waals surface area contributed by atoms with Gasteiger partial charge in [0, 0.05) is 22.4 Å². The third kappa shape index (κ3) is 7.56. The summed E-state index contributed by atoms with van der Waals surface area (Å²) in [5.41, 5.74) is 7.25. The molecule has 0 fully saturated rings. The van der Waals surface area contributed by atoms with E-state index < -0.39 is 0 Å². The summed E-state index contributed by atoms with van der Waals surface area (Å²) >= 11 is 4.83. The highest BCUT2D eigenvalue weighted by Crippen LogP contribution is 2.53. The summed E-state index contributed by atoms with van der Waals surface area (Å²) in [5, 5.41) is 13.4. The molecule has 0 bridgehead atoms. The largest absolute Gasteiger partial charge is 0.507 e. The number of thiol groups is 1. The van der Waals surface area contributed by atoms with Gasteiger partial charge in [0.15, 0.2) is 0 Å². The summed E-state index contributed by atoms with van der Waals surface area (Å²) in [4.78, 5) is 0. The lowest BCUT2D eigenvalue weighted by Crippen LogP contribution is -2.25. The zero-order chi connectivity index (χ0) is 27.7. The predicted molar refractivity (Wildman–Crippen MR) is 175 cm³/mol. The maximum Gasteiger partial charge on any atom is 0.123 e. The lowest BCUT2D eigenvalue weighted by molar-refractivity contribution is 0.432. The summed E-state index contributed by atoms with van der Waals surface area (Å²) in [7, 11) is 0.562. The van der Waals surface area contributed by atoms with Crippen molar-refractivity contribution in [2.45, 2.75) is 76.1 Å². The Balaban J connectivity index is 1.86. The van der Waals surface area contributed by atoms with Crippen molar-refractivity contribution >= 4 is 26.5 Å². The minimum absolute atomic E-state index is 0.129. The number of hydrogen-bond acceptors (Lipinski definition) is 2. The van der Waals surface area contributed by atoms with Crippen LogP contribution in [0.3, 0.4) is 0 Å². The van der Waals surface area contributed by atoms with E-state index in [-0.39, 0.29) is 10.4 Å². The molecule has 1 nitrogen and oxygen atoms in total. The van der Waals surface area contributed by atoms with Crippen molar-refractivity contribution in [3.63, 3.8) is 0 Å². The van der Waals surface area contributed by atoms with E-state index >= 15 is 0 Å². The molecule has 0 saturated carbocycles. The van der Waals surface area contributed by atoms with Crippen LogP contribution in [0.5, 0.6) is 5.75 Å². The predicted octanol–water partition coefficient (Wildman–Crippen LogP) is 9.75. The van der Waals surface area contributed by atoms with Crippen LogP contribution in [-0.4, -0.2) is 5.11 Å². The van der Waals surface area contributed by atoms with Crippen molar-refractivity contribution in [2.75, 3.05) is 0 Å². The second-order valence-corrected chi connectivity index (χ2v) is 13.3. The molecule has 3 atom stereocenters. The molecule has 204 valence electrons. The average Bonchev–Trinajstić information content (AvgIpc) is 2.95. The number of benzene rings is 4. The fraction of sp³-hybridized carbons (Fsp3) is 0.333. The first kappa shape index (κ1) is 29.4. The van der Waals surface area contributed by atoms with E-state index in [4.69, 9.17) is 12.6 Å². The monoisotopic (exact) mass is 554 g/mol. The number of phenolic OH excluding ortho intramolecular Hbond substituents is 1. The standard InChI is InChI=1S/C36H43OPS/c1-4-6-15-22-36(5-2,38-34-21-14-13-20-32(34)27(3)39)33-26-30(23-28-16-9-7-10-17-28)25-31(35(33)37)24-29-18-11-8-12-19-29/h7-14,16-21,25-27,37-39H,4-6,15,22-24H2,1-3H3. The normalized spacial score (nSPS) is 13.9. The van der Waals surface area contributed by atoms with Gasteiger partial charge in [0.1, 0.15) is 5.75 Å². The second kappa shape index (κ2) is 14.2. The van der Waals surface area contributed by atoms with Crippen molar-refractivity contribution in [3.8, 4) is 5.75 Å². The third-order valence-corrected chi connectivity index (χ3v) is 10.2. The number of phenols is 1. The van der Waals surface area contributed by atoms with Crippen LogP contribution < -0.4 is 5.30 Å². The average molecular weight is 555 g/mol. The Morgan fingerprint density at radius 2 is 1.38 bits per heavy atom. The lowest BCUT2D eigenvalue weighted by atomic mass is 9.85. The zero-order valence-corrected chi connectivity index (χ0v) is 25.6. The molecule has 0 heterocycles. The third-order valence-electron chi connectivity index (χ3n) is 7.85. The highest BCUT2D eigenvalue weighted by Gasteiger charge is 2.35. The number of rotatable bonds is 13. The highest BCUT2D eigenvalue weighted by atomic mass is 32.1. The van der Waals surface area contributed by atoms with Crippen molar-refractivity contribution < 1.29 is 5.11 Å². The molecule has 0 aromatic heterocycles. The molecule has 0 aliphatic heterocycles. The van der Waals surface area contributed by atoms with E-state index in [9.17, 15) is 5.11 Å². The Bertz CT molecular complexity index is 1320. The Morgan fingerprint density at radius 1 is 0.769 bits per heavy atom. The van der Waals surface area contributed by atoms with Gasteiger partial charge in [-0.25, -0.2) is 0 Å². The van der Waals surface area contributed by atoms with Crippen LogP contribution in [0, 0.1) is 0 Å². The van der Waals surface area contributed by atoms with E-state index in [0.29, 0.717) is 14.3 Å². The molecule has 3 heteroatoms. The van der Waals surface area contributed by atoms with E-state index in [2.05, 4.69) is 118 Å². The molecule has 3 unspecified atom stereocenters. The van der Waals surface area contributed by atoms with Gasteiger partial charge in [0.05, 0.1) is 0 Å². The zero-order valence-electron chi connectivity index (χ0n) is 23.7. The molecule has 0 aliphatic carbocycles. The van der Waals surface area contributed by atoms with Gasteiger partial charge in [-0.15, -0.1) is 0 Å². The molecule has 0 spiro atoms. The minimum atomic E-state index is -0.129. The number of unbranched alkanes of at least 4 members (excludes halogenated alkanes) is 2. The summed E-state index contributed by atoms with van der Waals surface area (Å²) < 4.78 is 0. The molecule has 4 rings (SSSR count). The maximum absolute atomic E-state index is 12.0. The van der Waals surface area contributed by atoms with E-state index in [1.807, 2.05) is 0 Å². The van der Waals surface area contributed by atoms with Crippen LogP contribution in [0.1, 0.15) is 91.5 Å². The molecule has 0 saturated heterocycles. The first-order valence-electron chi connectivity index (χ1n) is 14.4. The summed E-state index contributed by atoms with van der Waals surface area (Å²) in [6.45, 7) is 6.74. The van der Waals surface area contributed by atoms with E-state index in [0.717, 1.165) is 43.2 Å². The molecular weight excluding hydrogens is 511 g/mol. The fourth-order valence-corrected chi connectivity index (χ4v) is 7.93. The van der Waals surface area contributed by atoms with Gasteiger partial charge in [-0.2, -0.15) is 12.6 Å². The first-order valence-corrected chi connectivity index (χ1v) is 16.0. The molecule has 0 aliphatic rings. The smallest absolute Gasteiger partial charge is 0.123 e. The van der Waals surface area contributed by atoms with Crippen molar-refractivity contribution in [1.82, 2.24) is 0 Å². The SMILES string of the molecule is CCCCCC(CC)(Pc1ccccc1C(C)S)c1cc(Cc2ccccc2)cc(Cc2ccccc2)c1O. The molecule has 39 heavy (non-hydrogen) atoms. The highest BCUT2D eigenvalue weighted by molar-refractivity contribution is 7.80. The molecule has 4 aromatic carbocycles. The Hall–Kier alpha value is -2.54. The van der Waals surface area contributed by atoms with Crippen molar-refractivity contribution in [1.29, 1.82) is 0 Å². The Labute approximate surface area is 243 Å².